The Morgan fingerprint density at radius 2 is 1.07 bits per heavy atom. The molecule has 0 heterocycles. The third-order valence-electron chi connectivity index (χ3n) is 0.763. The van der Waals surface area contributed by atoms with Crippen molar-refractivity contribution in [3.63, 3.8) is 0 Å². The molecule has 0 amide bonds. The van der Waals surface area contributed by atoms with Crippen molar-refractivity contribution >= 4 is 54.6 Å². The molecule has 9 heteroatoms. The Morgan fingerprint density at radius 3 is 1.33 bits per heavy atom. The van der Waals surface area contributed by atoms with Gasteiger partial charge >= 0.3 is 109 Å². The fraction of sp³-hybridized carbons (Fsp3) is 1.00. The predicted octanol–water partition coefficient (Wildman–Crippen LogP) is 3.09. The van der Waals surface area contributed by atoms with Crippen molar-refractivity contribution in [3.8, 4) is 0 Å². The minimum absolute atomic E-state index is 0.0539. The van der Waals surface area contributed by atoms with Gasteiger partial charge in [-0.3, -0.25) is 0 Å². The van der Waals surface area contributed by atoms with Crippen LogP contribution in [0.25, 0.3) is 0 Å². The van der Waals surface area contributed by atoms with Gasteiger partial charge in [0.1, 0.15) is 0 Å². The molecule has 0 aliphatic carbocycles. The summed E-state index contributed by atoms with van der Waals surface area (Å²) in [5.41, 5.74) is 0. The van der Waals surface area contributed by atoms with Crippen LogP contribution in [-0.2, 0) is 22.7 Å². The summed E-state index contributed by atoms with van der Waals surface area (Å²) in [7, 11) is -2.63. The predicted molar refractivity (Wildman–Crippen MR) is 76.9 cm³/mol. The molecule has 0 bridgehead atoms. The molecule has 88 valence electrons. The van der Waals surface area contributed by atoms with Crippen molar-refractivity contribution in [2.24, 2.45) is 14.8 Å². The van der Waals surface area contributed by atoms with Gasteiger partial charge in [-0.05, 0) is 0 Å². The molecule has 0 saturated heterocycles. The zero-order valence-electron chi connectivity index (χ0n) is 10.0. The van der Waals surface area contributed by atoms with Crippen LogP contribution < -0.4 is 0 Å². The zero-order chi connectivity index (χ0) is 11.9. The van der Waals surface area contributed by atoms with Crippen molar-refractivity contribution < 1.29 is 0 Å². The molecule has 0 saturated carbocycles. The van der Waals surface area contributed by atoms with E-state index in [2.05, 4.69) is 54.1 Å². The molecular weight excluding hydrogens is 327 g/mol. The summed E-state index contributed by atoms with van der Waals surface area (Å²) in [5, 5.41) is 0. The molecule has 0 N–H and O–H groups in total. The molecule has 15 heavy (non-hydrogen) atoms. The SMILES string of the molecule is C[Si](C)(C)N=S=N[Se]N=S=N[Si](C)(C)C. The van der Waals surface area contributed by atoms with E-state index in [1.54, 1.807) is 0 Å². The summed E-state index contributed by atoms with van der Waals surface area (Å²) in [5.74, 6) is 0. The van der Waals surface area contributed by atoms with Crippen LogP contribution in [0.4, 0.5) is 0 Å². The Kier molecular flexibility index (Phi) is 7.30. The number of hydrogen-bond donors (Lipinski definition) is 0. The Morgan fingerprint density at radius 1 is 0.733 bits per heavy atom. The molecular formula is C6H18N4S2SeSi2. The first-order valence-corrected chi connectivity index (χ1v) is 14.4. The summed E-state index contributed by atoms with van der Waals surface area (Å²) in [6.07, 6.45) is 0. The van der Waals surface area contributed by atoms with E-state index in [1.165, 1.54) is 22.7 Å². The van der Waals surface area contributed by atoms with Crippen LogP contribution in [0, 0.1) is 0 Å². The molecule has 0 aliphatic heterocycles. The van der Waals surface area contributed by atoms with Gasteiger partial charge in [0.2, 0.25) is 0 Å². The van der Waals surface area contributed by atoms with Gasteiger partial charge in [0, 0.05) is 0 Å². The first-order valence-electron chi connectivity index (χ1n) is 4.54. The summed E-state index contributed by atoms with van der Waals surface area (Å²) in [4.78, 5) is 0. The van der Waals surface area contributed by atoms with Gasteiger partial charge in [-0.2, -0.15) is 0 Å². The Balaban J connectivity index is 4.11. The van der Waals surface area contributed by atoms with Crippen LogP contribution in [0.5, 0.6) is 0 Å². The van der Waals surface area contributed by atoms with E-state index in [-0.39, 0.29) is 15.4 Å². The topological polar surface area (TPSA) is 49.4 Å². The van der Waals surface area contributed by atoms with E-state index in [0.717, 1.165) is 0 Å². The van der Waals surface area contributed by atoms with E-state index >= 15 is 0 Å². The first-order chi connectivity index (χ1) is 6.71. The van der Waals surface area contributed by atoms with Crippen LogP contribution in [0.1, 0.15) is 0 Å². The molecule has 0 spiro atoms. The fourth-order valence-electron chi connectivity index (χ4n) is 0.322. The third-order valence-corrected chi connectivity index (χ3v) is 7.74. The van der Waals surface area contributed by atoms with E-state index in [0.29, 0.717) is 0 Å². The van der Waals surface area contributed by atoms with Gasteiger partial charge in [0.25, 0.3) is 0 Å². The molecule has 0 fully saturated rings. The number of nitrogens with zero attached hydrogens (tertiary/aromatic N) is 4. The van der Waals surface area contributed by atoms with Crippen LogP contribution in [0.3, 0.4) is 0 Å². The molecule has 0 unspecified atom stereocenters. The second-order valence-corrected chi connectivity index (χ2v) is 17.9. The van der Waals surface area contributed by atoms with Crippen molar-refractivity contribution in [1.29, 1.82) is 0 Å². The fourth-order valence-corrected chi connectivity index (χ4v) is 4.86. The maximum atomic E-state index is 4.42. The molecule has 0 aromatic rings. The van der Waals surface area contributed by atoms with Gasteiger partial charge < -0.3 is 0 Å². The van der Waals surface area contributed by atoms with Crippen LogP contribution in [0.2, 0.25) is 39.3 Å². The average molecular weight is 346 g/mol. The molecule has 0 radical (unpaired) electrons. The summed E-state index contributed by atoms with van der Waals surface area (Å²) >= 11 is 2.59. The Hall–Kier alpha value is 0.593. The molecule has 0 atom stereocenters. The van der Waals surface area contributed by atoms with Gasteiger partial charge in [-0.15, -0.1) is 0 Å². The first kappa shape index (κ1) is 15.6. The van der Waals surface area contributed by atoms with Crippen molar-refractivity contribution in [1.82, 2.24) is 0 Å². The van der Waals surface area contributed by atoms with Crippen LogP contribution in [-0.4, -0.2) is 31.9 Å². The summed E-state index contributed by atoms with van der Waals surface area (Å²) in [6.45, 7) is 13.1. The standard InChI is InChI=1S/C6H18N4S2SeSi2/c1-14(2,3)9-11-7-13-8-12-10-15(4,5)6/h1-6H3. The van der Waals surface area contributed by atoms with Crippen molar-refractivity contribution in [2.75, 3.05) is 0 Å². The summed E-state index contributed by atoms with van der Waals surface area (Å²) in [6, 6.07) is 0. The van der Waals surface area contributed by atoms with Crippen LogP contribution >= 0.6 is 0 Å². The number of hydrogen-bond acceptors (Lipinski definition) is 4. The molecule has 0 aliphatic rings. The molecule has 4 nitrogen and oxygen atoms in total. The second kappa shape index (κ2) is 7.02. The second-order valence-electron chi connectivity index (χ2n) is 4.92. The zero-order valence-corrected chi connectivity index (χ0v) is 15.4. The monoisotopic (exact) mass is 346 g/mol. The van der Waals surface area contributed by atoms with Gasteiger partial charge in [-0.25, -0.2) is 0 Å². The Labute approximate surface area is 108 Å². The van der Waals surface area contributed by atoms with E-state index in [1.807, 2.05) is 0 Å². The molecule has 0 aromatic carbocycles. The molecule has 0 rings (SSSR count). The maximum absolute atomic E-state index is 4.42. The Bertz CT molecular complexity index is 289. The van der Waals surface area contributed by atoms with Crippen molar-refractivity contribution in [3.05, 3.63) is 0 Å². The normalized spacial score (nSPS) is 11.6. The van der Waals surface area contributed by atoms with E-state index < -0.39 is 16.5 Å². The van der Waals surface area contributed by atoms with Gasteiger partial charge in [0.05, 0.1) is 0 Å². The quantitative estimate of drug-likeness (QED) is 0.703. The van der Waals surface area contributed by atoms with E-state index in [4.69, 9.17) is 0 Å². The van der Waals surface area contributed by atoms with Crippen LogP contribution in [0.15, 0.2) is 14.8 Å². The van der Waals surface area contributed by atoms with E-state index in [9.17, 15) is 0 Å². The molecule has 0 aromatic heterocycles. The van der Waals surface area contributed by atoms with Crippen molar-refractivity contribution in [2.45, 2.75) is 39.3 Å². The number of rotatable bonds is 4. The third kappa shape index (κ3) is 14.6. The van der Waals surface area contributed by atoms with Gasteiger partial charge in [-0.1, -0.05) is 0 Å². The average Bonchev–Trinajstić information content (AvgIpc) is 1.98. The summed E-state index contributed by atoms with van der Waals surface area (Å²) < 4.78 is 17.2. The van der Waals surface area contributed by atoms with Gasteiger partial charge in [0.15, 0.2) is 0 Å². The minimum atomic E-state index is -1.32.